The molecule has 0 radical (unpaired) electrons. The van der Waals surface area contributed by atoms with Crippen LogP contribution in [-0.4, -0.2) is 12.8 Å². The van der Waals surface area contributed by atoms with E-state index in [4.69, 9.17) is 0 Å². The average Bonchev–Trinajstić information content (AvgIpc) is 2.24. The van der Waals surface area contributed by atoms with Gasteiger partial charge in [-0.15, -0.1) is 0 Å². The second kappa shape index (κ2) is 7.55. The third-order valence-corrected chi connectivity index (χ3v) is 6.59. The normalized spacial score (nSPS) is 16.2. The second-order valence-corrected chi connectivity index (χ2v) is 9.64. The molecule has 0 aliphatic heterocycles. The molecule has 1 atom stereocenters. The van der Waals surface area contributed by atoms with Gasteiger partial charge >= 0.3 is 0 Å². The molecule has 0 aliphatic carbocycles. The van der Waals surface area contributed by atoms with E-state index in [1.54, 1.807) is 6.08 Å². The van der Waals surface area contributed by atoms with Crippen LogP contribution in [0.3, 0.4) is 0 Å². The molecule has 0 N–H and O–H groups in total. The summed E-state index contributed by atoms with van der Waals surface area (Å²) in [6.45, 7) is 21.1. The molecule has 0 saturated heterocycles. The Morgan fingerprint density at radius 2 is 1.70 bits per heavy atom. The van der Waals surface area contributed by atoms with E-state index in [1.165, 1.54) is 0 Å². The summed E-state index contributed by atoms with van der Waals surface area (Å²) in [6, 6.07) is 0. The number of allylic oxidation sites excluding steroid dienone is 5. The minimum Gasteiger partial charge on any atom is -0.206 e. The Bertz CT molecular complexity index is 394. The fraction of sp³-hybridized carbons (Fsp3) is 0.667. The average molecular weight is 298 g/mol. The monoisotopic (exact) mass is 298 g/mol. The molecule has 0 heterocycles. The minimum absolute atomic E-state index is 0.109. The van der Waals surface area contributed by atoms with Crippen LogP contribution in [-0.2, 0) is 0 Å². The molecule has 0 aromatic rings. The SMILES string of the molecule is C=C(C)/C=C(F)\C(=C/C)P(C)CCC(C)(C)C(C)(C)C. The van der Waals surface area contributed by atoms with E-state index in [-0.39, 0.29) is 16.7 Å². The molecule has 0 fully saturated rings. The largest absolute Gasteiger partial charge is 0.206 e. The van der Waals surface area contributed by atoms with Crippen LogP contribution in [0.2, 0.25) is 0 Å². The van der Waals surface area contributed by atoms with Gasteiger partial charge in [-0.2, -0.15) is 0 Å². The highest BCUT2D eigenvalue weighted by atomic mass is 31.1. The molecule has 0 aromatic heterocycles. The summed E-state index contributed by atoms with van der Waals surface area (Å²) >= 11 is 0. The van der Waals surface area contributed by atoms with Crippen molar-refractivity contribution in [2.75, 3.05) is 12.8 Å². The van der Waals surface area contributed by atoms with Gasteiger partial charge in [0.2, 0.25) is 0 Å². The maximum atomic E-state index is 14.2. The summed E-state index contributed by atoms with van der Waals surface area (Å²) in [7, 11) is -0.449. The fourth-order valence-electron chi connectivity index (χ4n) is 1.77. The van der Waals surface area contributed by atoms with Crippen molar-refractivity contribution in [3.63, 3.8) is 0 Å². The Morgan fingerprint density at radius 3 is 2.05 bits per heavy atom. The molecule has 1 unspecified atom stereocenters. The van der Waals surface area contributed by atoms with E-state index >= 15 is 0 Å². The van der Waals surface area contributed by atoms with Crippen molar-refractivity contribution in [2.24, 2.45) is 10.8 Å². The van der Waals surface area contributed by atoms with E-state index in [0.717, 1.165) is 23.5 Å². The first-order chi connectivity index (χ1) is 8.92. The molecule has 0 aliphatic rings. The molecule has 0 nitrogen and oxygen atoms in total. The van der Waals surface area contributed by atoms with Crippen molar-refractivity contribution in [2.45, 2.75) is 54.9 Å². The van der Waals surface area contributed by atoms with Crippen LogP contribution < -0.4 is 0 Å². The number of hydrogen-bond donors (Lipinski definition) is 0. The fourth-order valence-corrected chi connectivity index (χ4v) is 3.78. The van der Waals surface area contributed by atoms with Crippen molar-refractivity contribution < 1.29 is 4.39 Å². The zero-order valence-corrected chi connectivity index (χ0v) is 15.5. The molecule has 2 heteroatoms. The second-order valence-electron chi connectivity index (χ2n) is 7.32. The Balaban J connectivity index is 4.85. The summed E-state index contributed by atoms with van der Waals surface area (Å²) < 4.78 is 14.2. The molecule has 0 bridgehead atoms. The van der Waals surface area contributed by atoms with Crippen LogP contribution in [0.5, 0.6) is 0 Å². The van der Waals surface area contributed by atoms with Crippen LogP contribution in [0.15, 0.2) is 35.4 Å². The van der Waals surface area contributed by atoms with Crippen molar-refractivity contribution in [3.8, 4) is 0 Å². The molecule has 0 spiro atoms. The van der Waals surface area contributed by atoms with Crippen molar-refractivity contribution in [1.82, 2.24) is 0 Å². The lowest BCUT2D eigenvalue weighted by atomic mass is 9.68. The van der Waals surface area contributed by atoms with Crippen LogP contribution in [0.25, 0.3) is 0 Å². The molecule has 0 saturated carbocycles. The minimum atomic E-state index is -0.449. The van der Waals surface area contributed by atoms with Crippen LogP contribution >= 0.6 is 7.92 Å². The van der Waals surface area contributed by atoms with Crippen LogP contribution in [0, 0.1) is 10.8 Å². The highest BCUT2D eigenvalue weighted by Gasteiger charge is 2.32. The van der Waals surface area contributed by atoms with E-state index in [9.17, 15) is 4.39 Å². The lowest BCUT2D eigenvalue weighted by molar-refractivity contribution is 0.128. The Labute approximate surface area is 127 Å². The van der Waals surface area contributed by atoms with Gasteiger partial charge in [-0.3, -0.25) is 0 Å². The predicted octanol–water partition coefficient (Wildman–Crippen LogP) is 6.89. The van der Waals surface area contributed by atoms with Crippen LogP contribution in [0.1, 0.15) is 54.9 Å². The molecule has 0 rings (SSSR count). The quantitative estimate of drug-likeness (QED) is 0.370. The zero-order valence-electron chi connectivity index (χ0n) is 14.6. The topological polar surface area (TPSA) is 0 Å². The van der Waals surface area contributed by atoms with Gasteiger partial charge in [-0.1, -0.05) is 60.8 Å². The summed E-state index contributed by atoms with van der Waals surface area (Å²) in [5.74, 6) is -0.109. The molecular weight excluding hydrogens is 266 g/mol. The Morgan fingerprint density at radius 1 is 1.20 bits per heavy atom. The third kappa shape index (κ3) is 5.92. The van der Waals surface area contributed by atoms with E-state index in [0.29, 0.717) is 0 Å². The third-order valence-electron chi connectivity index (χ3n) is 4.41. The number of halogens is 1. The molecule has 0 aromatic carbocycles. The maximum Gasteiger partial charge on any atom is 0.130 e. The summed E-state index contributed by atoms with van der Waals surface area (Å²) in [5, 5.41) is 0.868. The van der Waals surface area contributed by atoms with Gasteiger partial charge in [-0.25, -0.2) is 4.39 Å². The van der Waals surface area contributed by atoms with E-state index < -0.39 is 7.92 Å². The summed E-state index contributed by atoms with van der Waals surface area (Å²) in [5.41, 5.74) is 1.29. The highest BCUT2D eigenvalue weighted by Crippen LogP contribution is 2.50. The highest BCUT2D eigenvalue weighted by molar-refractivity contribution is 7.61. The predicted molar refractivity (Wildman–Crippen MR) is 93.3 cm³/mol. The van der Waals surface area contributed by atoms with Gasteiger partial charge < -0.3 is 0 Å². The van der Waals surface area contributed by atoms with Crippen LogP contribution in [0.4, 0.5) is 4.39 Å². The first-order valence-corrected chi connectivity index (χ1v) is 9.30. The molecular formula is C18H32FP. The Hall–Kier alpha value is -0.420. The van der Waals surface area contributed by atoms with Gasteiger partial charge in [0.15, 0.2) is 0 Å². The Kier molecular flexibility index (Phi) is 7.39. The molecule has 20 heavy (non-hydrogen) atoms. The maximum absolute atomic E-state index is 14.2. The van der Waals surface area contributed by atoms with E-state index in [2.05, 4.69) is 47.9 Å². The number of rotatable bonds is 6. The number of hydrogen-bond acceptors (Lipinski definition) is 0. The lowest BCUT2D eigenvalue weighted by Crippen LogP contribution is -2.30. The summed E-state index contributed by atoms with van der Waals surface area (Å²) in [4.78, 5) is 0. The van der Waals surface area contributed by atoms with Gasteiger partial charge in [0.05, 0.1) is 0 Å². The standard InChI is InChI=1S/C18H32FP/c1-10-16(15(19)13-14(2)3)20(9)12-11-18(7,8)17(4,5)6/h10,13H,2,11-12H2,1,3-9H3/b15-13+,16-10+. The van der Waals surface area contributed by atoms with Gasteiger partial charge in [0.1, 0.15) is 5.83 Å². The summed E-state index contributed by atoms with van der Waals surface area (Å²) in [6.07, 6.45) is 5.65. The van der Waals surface area contributed by atoms with Crippen molar-refractivity contribution in [1.29, 1.82) is 0 Å². The van der Waals surface area contributed by atoms with Gasteiger partial charge in [0, 0.05) is 5.31 Å². The lowest BCUT2D eigenvalue weighted by Gasteiger charge is -2.39. The smallest absolute Gasteiger partial charge is 0.130 e. The first-order valence-electron chi connectivity index (χ1n) is 7.33. The van der Waals surface area contributed by atoms with Crippen molar-refractivity contribution >= 4 is 7.92 Å². The van der Waals surface area contributed by atoms with Gasteiger partial charge in [-0.05, 0) is 50.0 Å². The first kappa shape index (κ1) is 19.6. The molecule has 0 amide bonds. The van der Waals surface area contributed by atoms with E-state index in [1.807, 2.05) is 19.9 Å². The van der Waals surface area contributed by atoms with Crippen molar-refractivity contribution in [3.05, 3.63) is 35.4 Å². The van der Waals surface area contributed by atoms with Gasteiger partial charge in [0.25, 0.3) is 0 Å². The molecule has 116 valence electrons. The zero-order chi connectivity index (χ0) is 16.1.